The third-order valence-electron chi connectivity index (χ3n) is 2.54. The number of hydrogen-bond donors (Lipinski definition) is 1. The van der Waals surface area contributed by atoms with Crippen molar-refractivity contribution in [2.24, 2.45) is 11.7 Å². The highest BCUT2D eigenvalue weighted by molar-refractivity contribution is 9.10. The molecule has 1 nitrogen and oxygen atoms in total. The van der Waals surface area contributed by atoms with Gasteiger partial charge in [-0.1, -0.05) is 20.3 Å². The molecule has 0 aliphatic heterocycles. The lowest BCUT2D eigenvalue weighted by molar-refractivity contribution is 0.451. The molecule has 0 saturated carbocycles. The molecule has 2 atom stereocenters. The van der Waals surface area contributed by atoms with Crippen molar-refractivity contribution in [3.8, 4) is 0 Å². The maximum absolute atomic E-state index is 6.10. The minimum absolute atomic E-state index is 0.305. The van der Waals surface area contributed by atoms with Crippen molar-refractivity contribution in [2.75, 3.05) is 0 Å². The lowest BCUT2D eigenvalue weighted by atomic mass is 9.98. The van der Waals surface area contributed by atoms with E-state index in [4.69, 9.17) is 5.73 Å². The van der Waals surface area contributed by atoms with E-state index in [2.05, 4.69) is 41.2 Å². The van der Waals surface area contributed by atoms with Gasteiger partial charge in [0.1, 0.15) is 0 Å². The predicted molar refractivity (Wildman–Crippen MR) is 67.8 cm³/mol. The summed E-state index contributed by atoms with van der Waals surface area (Å²) >= 11 is 5.32. The molecule has 0 amide bonds. The average Bonchev–Trinajstić information content (AvgIpc) is 2.51. The Bertz CT molecular complexity index is 272. The molecule has 0 saturated heterocycles. The van der Waals surface area contributed by atoms with Crippen LogP contribution in [0.3, 0.4) is 0 Å². The molecule has 0 bridgehead atoms. The molecule has 0 radical (unpaired) electrons. The summed E-state index contributed by atoms with van der Waals surface area (Å²) in [4.78, 5) is 1.38. The van der Waals surface area contributed by atoms with Gasteiger partial charge >= 0.3 is 0 Å². The summed E-state index contributed by atoms with van der Waals surface area (Å²) in [5.74, 6) is 0.740. The first kappa shape index (κ1) is 12.2. The maximum Gasteiger partial charge on any atom is 0.0314 e. The summed E-state index contributed by atoms with van der Waals surface area (Å²) in [5.41, 5.74) is 6.10. The van der Waals surface area contributed by atoms with E-state index in [-0.39, 0.29) is 0 Å². The Hall–Kier alpha value is 0.140. The molecular formula is C11H18BrNS. The van der Waals surface area contributed by atoms with Crippen molar-refractivity contribution in [3.63, 3.8) is 0 Å². The zero-order chi connectivity index (χ0) is 10.6. The van der Waals surface area contributed by atoms with E-state index < -0.39 is 0 Å². The van der Waals surface area contributed by atoms with Gasteiger partial charge in [-0.15, -0.1) is 11.3 Å². The van der Waals surface area contributed by atoms with Crippen molar-refractivity contribution < 1.29 is 0 Å². The highest BCUT2D eigenvalue weighted by Crippen LogP contribution is 2.24. The van der Waals surface area contributed by atoms with Gasteiger partial charge < -0.3 is 5.73 Å². The quantitative estimate of drug-likeness (QED) is 0.869. The fourth-order valence-corrected chi connectivity index (χ4v) is 3.08. The van der Waals surface area contributed by atoms with Crippen molar-refractivity contribution >= 4 is 27.3 Å². The number of thiophene rings is 1. The molecule has 1 heterocycles. The molecule has 14 heavy (non-hydrogen) atoms. The summed E-state index contributed by atoms with van der Waals surface area (Å²) < 4.78 is 1.21. The monoisotopic (exact) mass is 275 g/mol. The smallest absolute Gasteiger partial charge is 0.0314 e. The summed E-state index contributed by atoms with van der Waals surface area (Å²) in [7, 11) is 0. The van der Waals surface area contributed by atoms with Crippen LogP contribution in [0.1, 0.15) is 31.6 Å². The molecule has 80 valence electrons. The normalized spacial score (nSPS) is 15.4. The van der Waals surface area contributed by atoms with Gasteiger partial charge in [-0.3, -0.25) is 0 Å². The number of halogens is 1. The molecule has 2 unspecified atom stereocenters. The molecule has 0 aromatic carbocycles. The lowest BCUT2D eigenvalue weighted by Crippen LogP contribution is -2.24. The highest BCUT2D eigenvalue weighted by Gasteiger charge is 2.10. The first-order valence-electron chi connectivity index (χ1n) is 5.11. The van der Waals surface area contributed by atoms with E-state index in [0.717, 1.165) is 18.8 Å². The van der Waals surface area contributed by atoms with Crippen LogP contribution in [-0.4, -0.2) is 6.04 Å². The molecule has 0 spiro atoms. The third kappa shape index (κ3) is 3.71. The van der Waals surface area contributed by atoms with Crippen LogP contribution >= 0.6 is 27.3 Å². The Morgan fingerprint density at radius 3 is 2.79 bits per heavy atom. The molecule has 1 aromatic heterocycles. The van der Waals surface area contributed by atoms with E-state index in [9.17, 15) is 0 Å². The van der Waals surface area contributed by atoms with Gasteiger partial charge in [0.15, 0.2) is 0 Å². The standard InChI is InChI=1S/C11H18BrNS/c1-3-8(2)6-9(13)7-11-10(12)4-5-14-11/h4-5,8-9H,3,6-7,13H2,1-2H3. The minimum Gasteiger partial charge on any atom is -0.327 e. The zero-order valence-corrected chi connectivity index (χ0v) is 11.2. The number of nitrogens with two attached hydrogens (primary N) is 1. The Labute approximate surface area is 98.8 Å². The van der Waals surface area contributed by atoms with Gasteiger partial charge in [-0.2, -0.15) is 0 Å². The topological polar surface area (TPSA) is 26.0 Å². The molecule has 0 aliphatic carbocycles. The predicted octanol–water partition coefficient (Wildman–Crippen LogP) is 3.82. The number of rotatable bonds is 5. The minimum atomic E-state index is 0.305. The molecular weight excluding hydrogens is 258 g/mol. The number of hydrogen-bond acceptors (Lipinski definition) is 2. The van der Waals surface area contributed by atoms with Crippen molar-refractivity contribution in [3.05, 3.63) is 20.8 Å². The largest absolute Gasteiger partial charge is 0.327 e. The molecule has 0 fully saturated rings. The van der Waals surface area contributed by atoms with Crippen LogP contribution in [0, 0.1) is 5.92 Å². The SMILES string of the molecule is CCC(C)CC(N)Cc1sccc1Br. The van der Waals surface area contributed by atoms with E-state index in [1.165, 1.54) is 15.8 Å². The second kappa shape index (κ2) is 5.89. The lowest BCUT2D eigenvalue weighted by Gasteiger charge is -2.15. The summed E-state index contributed by atoms with van der Waals surface area (Å²) in [6, 6.07) is 2.40. The van der Waals surface area contributed by atoms with Gasteiger partial charge in [0.2, 0.25) is 0 Å². The van der Waals surface area contributed by atoms with Crippen LogP contribution in [0.5, 0.6) is 0 Å². The molecule has 3 heteroatoms. The van der Waals surface area contributed by atoms with Crippen LogP contribution < -0.4 is 5.73 Å². The Morgan fingerprint density at radius 2 is 2.29 bits per heavy atom. The summed E-state index contributed by atoms with van der Waals surface area (Å²) in [6.07, 6.45) is 3.35. The summed E-state index contributed by atoms with van der Waals surface area (Å²) in [6.45, 7) is 4.49. The first-order valence-corrected chi connectivity index (χ1v) is 6.78. The average molecular weight is 276 g/mol. The van der Waals surface area contributed by atoms with Crippen LogP contribution in [0.25, 0.3) is 0 Å². The molecule has 0 aliphatic rings. The molecule has 2 N–H and O–H groups in total. The van der Waals surface area contributed by atoms with Crippen molar-refractivity contribution in [1.82, 2.24) is 0 Å². The van der Waals surface area contributed by atoms with Gasteiger partial charge in [-0.25, -0.2) is 0 Å². The second-order valence-corrected chi connectivity index (χ2v) is 5.76. The fraction of sp³-hybridized carbons (Fsp3) is 0.636. The Kier molecular flexibility index (Phi) is 5.13. The van der Waals surface area contributed by atoms with Gasteiger partial charge in [0.05, 0.1) is 0 Å². The van der Waals surface area contributed by atoms with Crippen LogP contribution in [-0.2, 0) is 6.42 Å². The van der Waals surface area contributed by atoms with Crippen molar-refractivity contribution in [2.45, 2.75) is 39.2 Å². The third-order valence-corrected chi connectivity index (χ3v) is 4.49. The van der Waals surface area contributed by atoms with E-state index in [1.54, 1.807) is 11.3 Å². The zero-order valence-electron chi connectivity index (χ0n) is 8.79. The van der Waals surface area contributed by atoms with Crippen LogP contribution in [0.15, 0.2) is 15.9 Å². The maximum atomic E-state index is 6.10. The van der Waals surface area contributed by atoms with E-state index in [0.29, 0.717) is 6.04 Å². The fourth-order valence-electron chi connectivity index (χ4n) is 1.48. The second-order valence-electron chi connectivity index (χ2n) is 3.91. The summed E-state index contributed by atoms with van der Waals surface area (Å²) in [5, 5.41) is 2.11. The Balaban J connectivity index is 2.41. The molecule has 1 rings (SSSR count). The van der Waals surface area contributed by atoms with Gasteiger partial charge in [0.25, 0.3) is 0 Å². The molecule has 1 aromatic rings. The van der Waals surface area contributed by atoms with Crippen LogP contribution in [0.4, 0.5) is 0 Å². The van der Waals surface area contributed by atoms with E-state index in [1.807, 2.05) is 0 Å². The van der Waals surface area contributed by atoms with E-state index >= 15 is 0 Å². The van der Waals surface area contributed by atoms with Crippen LogP contribution in [0.2, 0.25) is 0 Å². The van der Waals surface area contributed by atoms with Gasteiger partial charge in [-0.05, 0) is 46.1 Å². The Morgan fingerprint density at radius 1 is 1.57 bits per heavy atom. The van der Waals surface area contributed by atoms with Crippen molar-refractivity contribution in [1.29, 1.82) is 0 Å². The highest BCUT2D eigenvalue weighted by atomic mass is 79.9. The van der Waals surface area contributed by atoms with Gasteiger partial charge in [0, 0.05) is 15.4 Å². The first-order chi connectivity index (χ1) is 6.63.